The fraction of sp³-hybridized carbons (Fsp3) is 0.211. The Morgan fingerprint density at radius 1 is 1.11 bits per heavy atom. The van der Waals surface area contributed by atoms with Crippen LogP contribution in [0.4, 0.5) is 5.69 Å². The van der Waals surface area contributed by atoms with Crippen LogP contribution < -0.4 is 0 Å². The molecule has 0 radical (unpaired) electrons. The lowest BCUT2D eigenvalue weighted by Gasteiger charge is -2.25. The number of imide groups is 1. The van der Waals surface area contributed by atoms with Crippen molar-refractivity contribution in [2.45, 2.75) is 13.0 Å². The van der Waals surface area contributed by atoms with Crippen LogP contribution in [0, 0.1) is 10.1 Å². The van der Waals surface area contributed by atoms with Gasteiger partial charge in [0.05, 0.1) is 22.1 Å². The average Bonchev–Trinajstić information content (AvgIpc) is 2.90. The summed E-state index contributed by atoms with van der Waals surface area (Å²) < 4.78 is 0. The maximum absolute atomic E-state index is 12.8. The lowest BCUT2D eigenvalue weighted by Crippen LogP contribution is -2.29. The minimum atomic E-state index is -0.488. The van der Waals surface area contributed by atoms with Crippen LogP contribution in [-0.4, -0.2) is 46.5 Å². The molecule has 3 amide bonds. The predicted molar refractivity (Wildman–Crippen MR) is 96.5 cm³/mol. The fourth-order valence-electron chi connectivity index (χ4n) is 3.00. The third kappa shape index (κ3) is 3.05. The van der Waals surface area contributed by atoms with Crippen molar-refractivity contribution in [3.63, 3.8) is 0 Å². The smallest absolute Gasteiger partial charge is 0.269 e. The van der Waals surface area contributed by atoms with Crippen molar-refractivity contribution in [3.05, 3.63) is 74.8 Å². The minimum absolute atomic E-state index is 0.0510. The highest BCUT2D eigenvalue weighted by atomic mass is 16.6. The van der Waals surface area contributed by atoms with Gasteiger partial charge in [0.15, 0.2) is 0 Å². The summed E-state index contributed by atoms with van der Waals surface area (Å²) in [5.74, 6) is -1.20. The number of carbonyl (C=O) groups is 3. The van der Waals surface area contributed by atoms with Crippen LogP contribution in [0.25, 0.3) is 0 Å². The van der Waals surface area contributed by atoms with Gasteiger partial charge < -0.3 is 4.90 Å². The Bertz CT molecular complexity index is 985. The van der Waals surface area contributed by atoms with Crippen LogP contribution in [0.15, 0.2) is 42.5 Å². The first-order chi connectivity index (χ1) is 12.7. The van der Waals surface area contributed by atoms with Gasteiger partial charge in [-0.05, 0) is 30.7 Å². The SMILES string of the molecule is C[C@@H](c1cccc([N+](=O)[O-])c1)N(C)C(=O)c1ccc2c(c1)C(=O)N(C)C2=O. The lowest BCUT2D eigenvalue weighted by molar-refractivity contribution is -0.384. The first kappa shape index (κ1) is 18.2. The van der Waals surface area contributed by atoms with E-state index in [-0.39, 0.29) is 28.3 Å². The van der Waals surface area contributed by atoms with Crippen LogP contribution in [0.1, 0.15) is 49.6 Å². The highest BCUT2D eigenvalue weighted by Gasteiger charge is 2.33. The van der Waals surface area contributed by atoms with Gasteiger partial charge in [0.2, 0.25) is 0 Å². The van der Waals surface area contributed by atoms with Gasteiger partial charge in [-0.25, -0.2) is 0 Å². The summed E-state index contributed by atoms with van der Waals surface area (Å²) in [6, 6.07) is 10.1. The zero-order chi connectivity index (χ0) is 19.9. The van der Waals surface area contributed by atoms with E-state index in [0.717, 1.165) is 4.90 Å². The maximum Gasteiger partial charge on any atom is 0.269 e. The third-order valence-corrected chi connectivity index (χ3v) is 4.80. The van der Waals surface area contributed by atoms with E-state index in [1.54, 1.807) is 26.1 Å². The van der Waals surface area contributed by atoms with Gasteiger partial charge in [0.1, 0.15) is 0 Å². The molecule has 0 bridgehead atoms. The first-order valence-electron chi connectivity index (χ1n) is 8.20. The number of nitrogens with zero attached hydrogens (tertiary/aromatic N) is 3. The molecule has 8 heteroatoms. The molecule has 1 aliphatic heterocycles. The normalized spacial score (nSPS) is 14.1. The van der Waals surface area contributed by atoms with Crippen LogP contribution in [-0.2, 0) is 0 Å². The zero-order valence-corrected chi connectivity index (χ0v) is 15.0. The maximum atomic E-state index is 12.8. The molecule has 0 aliphatic carbocycles. The van der Waals surface area contributed by atoms with Crippen molar-refractivity contribution in [2.24, 2.45) is 0 Å². The molecule has 0 saturated heterocycles. The molecule has 0 saturated carbocycles. The predicted octanol–water partition coefficient (Wildman–Crippen LogP) is 2.65. The van der Waals surface area contributed by atoms with Crippen molar-refractivity contribution in [1.82, 2.24) is 9.80 Å². The van der Waals surface area contributed by atoms with Crippen LogP contribution in [0.5, 0.6) is 0 Å². The van der Waals surface area contributed by atoms with Gasteiger partial charge in [-0.15, -0.1) is 0 Å². The van der Waals surface area contributed by atoms with E-state index in [4.69, 9.17) is 0 Å². The van der Waals surface area contributed by atoms with Crippen molar-refractivity contribution >= 4 is 23.4 Å². The molecule has 1 aliphatic rings. The number of non-ortho nitro benzene ring substituents is 1. The number of benzene rings is 2. The number of carbonyl (C=O) groups excluding carboxylic acids is 3. The third-order valence-electron chi connectivity index (χ3n) is 4.80. The van der Waals surface area contributed by atoms with Crippen LogP contribution >= 0.6 is 0 Å². The molecule has 27 heavy (non-hydrogen) atoms. The Morgan fingerprint density at radius 3 is 2.44 bits per heavy atom. The van der Waals surface area contributed by atoms with E-state index in [9.17, 15) is 24.5 Å². The van der Waals surface area contributed by atoms with Gasteiger partial charge >= 0.3 is 0 Å². The van der Waals surface area contributed by atoms with E-state index in [1.165, 1.54) is 42.3 Å². The summed E-state index contributed by atoms with van der Waals surface area (Å²) in [6.45, 7) is 1.76. The summed E-state index contributed by atoms with van der Waals surface area (Å²) in [7, 11) is 2.97. The first-order valence-corrected chi connectivity index (χ1v) is 8.20. The summed E-state index contributed by atoms with van der Waals surface area (Å²) in [6.07, 6.45) is 0. The molecule has 3 rings (SSSR count). The average molecular weight is 367 g/mol. The van der Waals surface area contributed by atoms with Crippen molar-refractivity contribution in [2.75, 3.05) is 14.1 Å². The van der Waals surface area contributed by atoms with Crippen LogP contribution in [0.3, 0.4) is 0 Å². The van der Waals surface area contributed by atoms with Gasteiger partial charge in [0.25, 0.3) is 23.4 Å². The Balaban J connectivity index is 1.88. The highest BCUT2D eigenvalue weighted by molar-refractivity contribution is 6.21. The number of fused-ring (bicyclic) bond motifs is 1. The largest absolute Gasteiger partial charge is 0.335 e. The molecular formula is C19H17N3O5. The molecule has 0 aromatic heterocycles. The number of nitro groups is 1. The number of hydrogen-bond donors (Lipinski definition) is 0. The van der Waals surface area contributed by atoms with E-state index in [2.05, 4.69) is 0 Å². The summed E-state index contributed by atoms with van der Waals surface area (Å²) in [5.41, 5.74) is 1.31. The topological polar surface area (TPSA) is 101 Å². The molecule has 8 nitrogen and oxygen atoms in total. The summed E-state index contributed by atoms with van der Waals surface area (Å²) in [4.78, 5) is 49.8. The summed E-state index contributed by atoms with van der Waals surface area (Å²) in [5, 5.41) is 11.0. The molecule has 1 heterocycles. The van der Waals surface area contributed by atoms with Gasteiger partial charge in [-0.1, -0.05) is 12.1 Å². The van der Waals surface area contributed by atoms with E-state index >= 15 is 0 Å². The molecule has 0 fully saturated rings. The second kappa shape index (κ2) is 6.64. The second-order valence-electron chi connectivity index (χ2n) is 6.37. The van der Waals surface area contributed by atoms with E-state index in [1.807, 2.05) is 0 Å². The Kier molecular flexibility index (Phi) is 4.49. The highest BCUT2D eigenvalue weighted by Crippen LogP contribution is 2.27. The van der Waals surface area contributed by atoms with E-state index in [0.29, 0.717) is 5.56 Å². The fourth-order valence-corrected chi connectivity index (χ4v) is 3.00. The summed E-state index contributed by atoms with van der Waals surface area (Å²) >= 11 is 0. The number of amides is 3. The van der Waals surface area contributed by atoms with Crippen LogP contribution in [0.2, 0.25) is 0 Å². The Morgan fingerprint density at radius 2 is 1.78 bits per heavy atom. The van der Waals surface area contributed by atoms with Crippen molar-refractivity contribution in [1.29, 1.82) is 0 Å². The monoisotopic (exact) mass is 367 g/mol. The molecule has 138 valence electrons. The van der Waals surface area contributed by atoms with Crippen molar-refractivity contribution in [3.8, 4) is 0 Å². The molecule has 2 aromatic rings. The molecule has 0 spiro atoms. The molecule has 1 atom stereocenters. The number of hydrogen-bond acceptors (Lipinski definition) is 5. The quantitative estimate of drug-likeness (QED) is 0.470. The molecular weight excluding hydrogens is 350 g/mol. The zero-order valence-electron chi connectivity index (χ0n) is 15.0. The lowest BCUT2D eigenvalue weighted by atomic mass is 10.0. The van der Waals surface area contributed by atoms with E-state index < -0.39 is 22.8 Å². The number of nitro benzene ring substituents is 1. The molecule has 0 unspecified atom stereocenters. The van der Waals surface area contributed by atoms with Crippen molar-refractivity contribution < 1.29 is 19.3 Å². The molecule has 2 aromatic carbocycles. The Hall–Kier alpha value is -3.55. The number of rotatable bonds is 4. The second-order valence-corrected chi connectivity index (χ2v) is 6.37. The van der Waals surface area contributed by atoms with Gasteiger partial charge in [-0.3, -0.25) is 29.4 Å². The standard InChI is InChI=1S/C19H17N3O5/c1-11(12-5-4-6-14(9-12)22(26)27)20(2)17(23)13-7-8-15-16(10-13)19(25)21(3)18(15)24/h4-11H,1-3H3/t11-/m0/s1. The van der Waals surface area contributed by atoms with Gasteiger partial charge in [-0.2, -0.15) is 0 Å². The van der Waals surface area contributed by atoms with Gasteiger partial charge in [0, 0.05) is 31.8 Å². The Labute approximate surface area is 155 Å². The minimum Gasteiger partial charge on any atom is -0.335 e. The molecule has 0 N–H and O–H groups in total.